The Morgan fingerprint density at radius 1 is 1.14 bits per heavy atom. The first-order chi connectivity index (χ1) is 9.46. The second-order valence-corrected chi connectivity index (χ2v) is 8.19. The lowest BCUT2D eigenvalue weighted by atomic mass is 9.96. The third-order valence-electron chi connectivity index (χ3n) is 5.43. The van der Waals surface area contributed by atoms with Gasteiger partial charge in [-0.15, -0.1) is 0 Å². The molecule has 2 rings (SSSR count). The third-order valence-corrected chi connectivity index (χ3v) is 7.13. The van der Waals surface area contributed by atoms with Gasteiger partial charge in [-0.3, -0.25) is 4.79 Å². The van der Waals surface area contributed by atoms with E-state index in [1.165, 1.54) is 11.1 Å². The average Bonchev–Trinajstić information content (AvgIpc) is 2.71. The van der Waals surface area contributed by atoms with Gasteiger partial charge in [0.25, 0.3) is 0 Å². The Kier molecular flexibility index (Phi) is 3.87. The van der Waals surface area contributed by atoms with Crippen LogP contribution in [0.1, 0.15) is 50.4 Å². The maximum Gasteiger partial charge on any atom is 0.230 e. The lowest BCUT2D eigenvalue weighted by molar-refractivity contribution is -0.127. The standard InChI is InChI=1S/C17H23Cl2NO/c1-10-7-8-13(9-11(10)2)12(3)20-14(21)16(6)15(4,5)17(16,18)19/h7-9,12H,1-6H3,(H,20,21). The number of carbonyl (C=O) groups is 1. The molecule has 4 heteroatoms. The van der Waals surface area contributed by atoms with Crippen LogP contribution in [-0.2, 0) is 4.79 Å². The van der Waals surface area contributed by atoms with Gasteiger partial charge in [0.1, 0.15) is 4.33 Å². The fourth-order valence-electron chi connectivity index (χ4n) is 2.86. The van der Waals surface area contributed by atoms with E-state index < -0.39 is 15.2 Å². The van der Waals surface area contributed by atoms with Crippen LogP contribution >= 0.6 is 23.2 Å². The highest BCUT2D eigenvalue weighted by Crippen LogP contribution is 2.77. The molecule has 1 amide bonds. The summed E-state index contributed by atoms with van der Waals surface area (Å²) in [7, 11) is 0. The summed E-state index contributed by atoms with van der Waals surface area (Å²) in [6.45, 7) is 11.8. The number of alkyl halides is 2. The first kappa shape index (κ1) is 16.6. The quantitative estimate of drug-likeness (QED) is 0.801. The SMILES string of the molecule is Cc1ccc(C(C)NC(=O)C2(C)C(C)(C)C2(Cl)Cl)cc1C. The molecule has 2 atom stereocenters. The number of amides is 1. The van der Waals surface area contributed by atoms with Crippen LogP contribution in [0.2, 0.25) is 0 Å². The minimum atomic E-state index is -1.02. The molecule has 21 heavy (non-hydrogen) atoms. The maximum atomic E-state index is 12.6. The van der Waals surface area contributed by atoms with E-state index in [0.717, 1.165) is 5.56 Å². The van der Waals surface area contributed by atoms with Gasteiger partial charge in [0, 0.05) is 5.41 Å². The molecule has 1 N–H and O–H groups in total. The first-order valence-electron chi connectivity index (χ1n) is 7.22. The van der Waals surface area contributed by atoms with Crippen LogP contribution in [0, 0.1) is 24.7 Å². The molecule has 1 fully saturated rings. The number of benzene rings is 1. The summed E-state index contributed by atoms with van der Waals surface area (Å²) in [4.78, 5) is 12.6. The van der Waals surface area contributed by atoms with Crippen LogP contribution in [0.5, 0.6) is 0 Å². The fraction of sp³-hybridized carbons (Fsp3) is 0.588. The topological polar surface area (TPSA) is 29.1 Å². The minimum Gasteiger partial charge on any atom is -0.349 e. The van der Waals surface area contributed by atoms with Gasteiger partial charge < -0.3 is 5.32 Å². The van der Waals surface area contributed by atoms with Gasteiger partial charge in [0.05, 0.1) is 11.5 Å². The molecular formula is C17H23Cl2NO. The van der Waals surface area contributed by atoms with E-state index >= 15 is 0 Å². The molecule has 1 aromatic carbocycles. The molecule has 0 aromatic heterocycles. The van der Waals surface area contributed by atoms with Gasteiger partial charge in [-0.25, -0.2) is 0 Å². The van der Waals surface area contributed by atoms with E-state index in [4.69, 9.17) is 23.2 Å². The number of nitrogens with one attached hydrogen (secondary N) is 1. The second-order valence-electron chi connectivity index (χ2n) is 6.86. The van der Waals surface area contributed by atoms with Crippen molar-refractivity contribution in [2.24, 2.45) is 10.8 Å². The van der Waals surface area contributed by atoms with E-state index in [-0.39, 0.29) is 11.9 Å². The Morgan fingerprint density at radius 2 is 1.67 bits per heavy atom. The Labute approximate surface area is 137 Å². The molecule has 2 unspecified atom stereocenters. The summed E-state index contributed by atoms with van der Waals surface area (Å²) < 4.78 is -1.02. The molecule has 0 heterocycles. The van der Waals surface area contributed by atoms with Crippen LogP contribution in [-0.4, -0.2) is 10.2 Å². The molecule has 1 aliphatic rings. The number of carbonyl (C=O) groups excluding carboxylic acids is 1. The van der Waals surface area contributed by atoms with E-state index in [1.807, 2.05) is 33.8 Å². The van der Waals surface area contributed by atoms with Crippen molar-refractivity contribution < 1.29 is 4.79 Å². The molecule has 1 aromatic rings. The van der Waals surface area contributed by atoms with E-state index in [1.54, 1.807) is 0 Å². The van der Waals surface area contributed by atoms with Crippen LogP contribution in [0.3, 0.4) is 0 Å². The van der Waals surface area contributed by atoms with Gasteiger partial charge in [0.2, 0.25) is 5.91 Å². The Morgan fingerprint density at radius 3 is 2.10 bits per heavy atom. The molecule has 116 valence electrons. The van der Waals surface area contributed by atoms with Gasteiger partial charge in [0.15, 0.2) is 0 Å². The average molecular weight is 328 g/mol. The zero-order valence-corrected chi connectivity index (χ0v) is 15.0. The van der Waals surface area contributed by atoms with Gasteiger partial charge in [-0.05, 0) is 44.4 Å². The summed E-state index contributed by atoms with van der Waals surface area (Å²) in [5.41, 5.74) is 2.35. The monoisotopic (exact) mass is 327 g/mol. The lowest BCUT2D eigenvalue weighted by Gasteiger charge is -2.20. The third kappa shape index (κ3) is 2.19. The van der Waals surface area contributed by atoms with E-state index in [9.17, 15) is 4.79 Å². The van der Waals surface area contributed by atoms with Crippen molar-refractivity contribution in [3.63, 3.8) is 0 Å². The zero-order valence-electron chi connectivity index (χ0n) is 13.5. The molecule has 0 bridgehead atoms. The summed E-state index contributed by atoms with van der Waals surface area (Å²) >= 11 is 12.6. The largest absolute Gasteiger partial charge is 0.349 e. The van der Waals surface area contributed by atoms with Crippen molar-refractivity contribution >= 4 is 29.1 Å². The molecule has 0 saturated heterocycles. The molecular weight excluding hydrogens is 305 g/mol. The highest BCUT2D eigenvalue weighted by molar-refractivity contribution is 6.54. The summed E-state index contributed by atoms with van der Waals surface area (Å²) in [6.07, 6.45) is 0. The molecule has 0 radical (unpaired) electrons. The smallest absolute Gasteiger partial charge is 0.230 e. The van der Waals surface area contributed by atoms with Crippen molar-refractivity contribution in [1.82, 2.24) is 5.32 Å². The van der Waals surface area contributed by atoms with Gasteiger partial charge in [-0.2, -0.15) is 0 Å². The molecule has 2 nitrogen and oxygen atoms in total. The van der Waals surface area contributed by atoms with Crippen molar-refractivity contribution in [3.05, 3.63) is 34.9 Å². The highest BCUT2D eigenvalue weighted by atomic mass is 35.5. The van der Waals surface area contributed by atoms with E-state index in [0.29, 0.717) is 0 Å². The number of hydrogen-bond donors (Lipinski definition) is 1. The molecule has 0 aliphatic heterocycles. The summed E-state index contributed by atoms with van der Waals surface area (Å²) in [5.74, 6) is -0.0942. The van der Waals surface area contributed by atoms with E-state index in [2.05, 4.69) is 31.3 Å². The normalized spacial score (nSPS) is 27.0. The maximum absolute atomic E-state index is 12.6. The molecule has 1 aliphatic carbocycles. The zero-order chi connectivity index (χ0) is 16.2. The Hall–Kier alpha value is -0.730. The van der Waals surface area contributed by atoms with Crippen LogP contribution in [0.25, 0.3) is 0 Å². The van der Waals surface area contributed by atoms with Crippen LogP contribution < -0.4 is 5.32 Å². The number of rotatable bonds is 3. The first-order valence-corrected chi connectivity index (χ1v) is 7.98. The minimum absolute atomic E-state index is 0.0749. The van der Waals surface area contributed by atoms with Crippen LogP contribution in [0.4, 0.5) is 0 Å². The number of halogens is 2. The van der Waals surface area contributed by atoms with Crippen molar-refractivity contribution in [2.75, 3.05) is 0 Å². The Balaban J connectivity index is 2.16. The highest BCUT2D eigenvalue weighted by Gasteiger charge is 2.83. The van der Waals surface area contributed by atoms with Crippen molar-refractivity contribution in [2.45, 2.75) is 51.9 Å². The predicted molar refractivity (Wildman–Crippen MR) is 88.8 cm³/mol. The molecule has 0 spiro atoms. The number of hydrogen-bond acceptors (Lipinski definition) is 1. The predicted octanol–water partition coefficient (Wildman–Crippen LogP) is 4.70. The van der Waals surface area contributed by atoms with Crippen LogP contribution in [0.15, 0.2) is 18.2 Å². The lowest BCUT2D eigenvalue weighted by Crippen LogP contribution is -2.36. The Bertz CT molecular complexity index is 578. The van der Waals surface area contributed by atoms with Crippen molar-refractivity contribution in [3.8, 4) is 0 Å². The van der Waals surface area contributed by atoms with Gasteiger partial charge >= 0.3 is 0 Å². The summed E-state index contributed by atoms with van der Waals surface area (Å²) in [6, 6.07) is 6.15. The summed E-state index contributed by atoms with van der Waals surface area (Å²) in [5, 5.41) is 3.05. The second kappa shape index (κ2) is 4.89. The fourth-order valence-corrected chi connectivity index (χ4v) is 3.78. The van der Waals surface area contributed by atoms with Crippen molar-refractivity contribution in [1.29, 1.82) is 0 Å². The number of aryl methyl sites for hydroxylation is 2. The molecule has 1 saturated carbocycles. The van der Waals surface area contributed by atoms with Gasteiger partial charge in [-0.1, -0.05) is 55.2 Å².